The van der Waals surface area contributed by atoms with Crippen LogP contribution < -0.4 is 10.6 Å². The summed E-state index contributed by atoms with van der Waals surface area (Å²) in [5.41, 5.74) is 2.64. The van der Waals surface area contributed by atoms with Crippen molar-refractivity contribution in [1.29, 1.82) is 0 Å². The summed E-state index contributed by atoms with van der Waals surface area (Å²) in [6.07, 6.45) is 1.07. The van der Waals surface area contributed by atoms with E-state index < -0.39 is 0 Å². The van der Waals surface area contributed by atoms with Gasteiger partial charge in [0.25, 0.3) is 0 Å². The Balaban J connectivity index is 1.71. The molecule has 0 fully saturated rings. The van der Waals surface area contributed by atoms with Crippen molar-refractivity contribution in [2.24, 2.45) is 0 Å². The number of fused-ring (bicyclic) bond motifs is 1. The average Bonchev–Trinajstić information content (AvgIpc) is 2.77. The van der Waals surface area contributed by atoms with E-state index in [0.29, 0.717) is 6.04 Å². The molecular formula is C13H14N2S. The average molecular weight is 230 g/mol. The fourth-order valence-electron chi connectivity index (χ4n) is 2.07. The highest BCUT2D eigenvalue weighted by Crippen LogP contribution is 2.32. The summed E-state index contributed by atoms with van der Waals surface area (Å²) in [6.45, 7) is 1.00. The first-order valence-electron chi connectivity index (χ1n) is 5.53. The van der Waals surface area contributed by atoms with E-state index in [-0.39, 0.29) is 0 Å². The van der Waals surface area contributed by atoms with Gasteiger partial charge in [-0.2, -0.15) is 0 Å². The molecule has 1 unspecified atom stereocenters. The third kappa shape index (κ3) is 1.91. The highest BCUT2D eigenvalue weighted by atomic mass is 32.1. The molecule has 1 aliphatic heterocycles. The predicted molar refractivity (Wildman–Crippen MR) is 70.4 cm³/mol. The lowest BCUT2D eigenvalue weighted by molar-refractivity contribution is 0.737. The second-order valence-corrected chi connectivity index (χ2v) is 4.99. The van der Waals surface area contributed by atoms with Crippen LogP contribution in [0.15, 0.2) is 41.8 Å². The van der Waals surface area contributed by atoms with Gasteiger partial charge >= 0.3 is 0 Å². The molecule has 0 bridgehead atoms. The molecule has 0 saturated carbocycles. The number of rotatable bonds is 2. The van der Waals surface area contributed by atoms with E-state index in [1.54, 1.807) is 11.3 Å². The molecule has 16 heavy (non-hydrogen) atoms. The van der Waals surface area contributed by atoms with Gasteiger partial charge in [-0.05, 0) is 23.4 Å². The molecule has 1 atom stereocenters. The van der Waals surface area contributed by atoms with Crippen molar-refractivity contribution in [2.45, 2.75) is 12.5 Å². The van der Waals surface area contributed by atoms with Crippen LogP contribution in [0.1, 0.15) is 5.56 Å². The fraction of sp³-hybridized carbons (Fsp3) is 0.231. The summed E-state index contributed by atoms with van der Waals surface area (Å²) in [4.78, 5) is 0. The number of nitrogens with one attached hydrogen (secondary N) is 2. The van der Waals surface area contributed by atoms with Gasteiger partial charge < -0.3 is 10.6 Å². The Morgan fingerprint density at radius 3 is 2.94 bits per heavy atom. The second-order valence-electron chi connectivity index (χ2n) is 4.08. The van der Waals surface area contributed by atoms with Gasteiger partial charge in [0.2, 0.25) is 0 Å². The molecule has 1 aromatic carbocycles. The SMILES string of the molecule is c1ccc(CC2CNc3sccc3N2)cc1. The Labute approximate surface area is 99.3 Å². The van der Waals surface area contributed by atoms with Crippen molar-refractivity contribution >= 4 is 22.0 Å². The summed E-state index contributed by atoms with van der Waals surface area (Å²) < 4.78 is 0. The topological polar surface area (TPSA) is 24.1 Å². The van der Waals surface area contributed by atoms with Gasteiger partial charge in [0.15, 0.2) is 0 Å². The van der Waals surface area contributed by atoms with Crippen molar-refractivity contribution < 1.29 is 0 Å². The van der Waals surface area contributed by atoms with Crippen LogP contribution >= 0.6 is 11.3 Å². The first-order chi connectivity index (χ1) is 7.92. The van der Waals surface area contributed by atoms with Crippen molar-refractivity contribution in [3.05, 3.63) is 47.3 Å². The highest BCUT2D eigenvalue weighted by Gasteiger charge is 2.17. The molecule has 1 aliphatic rings. The van der Waals surface area contributed by atoms with Gasteiger partial charge in [0.05, 0.1) is 5.69 Å². The minimum atomic E-state index is 0.490. The number of benzene rings is 1. The lowest BCUT2D eigenvalue weighted by atomic mass is 10.0. The van der Waals surface area contributed by atoms with Crippen LogP contribution in [0.2, 0.25) is 0 Å². The van der Waals surface area contributed by atoms with E-state index in [0.717, 1.165) is 13.0 Å². The first kappa shape index (κ1) is 9.73. The van der Waals surface area contributed by atoms with E-state index in [1.165, 1.54) is 16.3 Å². The normalized spacial score (nSPS) is 18.4. The Bertz CT molecular complexity index is 464. The number of hydrogen-bond acceptors (Lipinski definition) is 3. The number of thiophene rings is 1. The lowest BCUT2D eigenvalue weighted by Gasteiger charge is -2.26. The van der Waals surface area contributed by atoms with Crippen LogP contribution in [-0.2, 0) is 6.42 Å². The van der Waals surface area contributed by atoms with E-state index in [2.05, 4.69) is 52.4 Å². The van der Waals surface area contributed by atoms with Crippen molar-refractivity contribution in [3.63, 3.8) is 0 Å². The third-order valence-electron chi connectivity index (χ3n) is 2.86. The summed E-state index contributed by atoms with van der Waals surface area (Å²) in [7, 11) is 0. The molecule has 0 spiro atoms. The molecule has 1 aromatic heterocycles. The second kappa shape index (κ2) is 4.18. The minimum absolute atomic E-state index is 0.490. The molecule has 2 heterocycles. The Morgan fingerprint density at radius 1 is 1.19 bits per heavy atom. The summed E-state index contributed by atoms with van der Waals surface area (Å²) in [5, 5.41) is 10.4. The van der Waals surface area contributed by atoms with Gasteiger partial charge in [-0.25, -0.2) is 0 Å². The molecule has 2 aromatic rings. The van der Waals surface area contributed by atoms with Gasteiger partial charge in [-0.3, -0.25) is 0 Å². The maximum Gasteiger partial charge on any atom is 0.112 e. The summed E-state index contributed by atoms with van der Waals surface area (Å²) in [6, 6.07) is 13.3. The Morgan fingerprint density at radius 2 is 2.06 bits per heavy atom. The van der Waals surface area contributed by atoms with E-state index in [1.807, 2.05) is 0 Å². The van der Waals surface area contributed by atoms with Crippen molar-refractivity contribution in [3.8, 4) is 0 Å². The van der Waals surface area contributed by atoms with Gasteiger partial charge in [0.1, 0.15) is 5.00 Å². The van der Waals surface area contributed by atoms with Crippen molar-refractivity contribution in [1.82, 2.24) is 0 Å². The number of anilines is 2. The summed E-state index contributed by atoms with van der Waals surface area (Å²) in [5.74, 6) is 0. The van der Waals surface area contributed by atoms with Crippen LogP contribution in [0, 0.1) is 0 Å². The van der Waals surface area contributed by atoms with Crippen LogP contribution in [0.5, 0.6) is 0 Å². The summed E-state index contributed by atoms with van der Waals surface area (Å²) >= 11 is 1.76. The quantitative estimate of drug-likeness (QED) is 0.828. The third-order valence-corrected chi connectivity index (χ3v) is 3.73. The lowest BCUT2D eigenvalue weighted by Crippen LogP contribution is -2.33. The molecule has 2 nitrogen and oxygen atoms in total. The predicted octanol–water partition coefficient (Wildman–Crippen LogP) is 3.20. The van der Waals surface area contributed by atoms with Gasteiger partial charge in [-0.1, -0.05) is 30.3 Å². The first-order valence-corrected chi connectivity index (χ1v) is 6.41. The molecule has 0 amide bonds. The molecular weight excluding hydrogens is 216 g/mol. The zero-order valence-electron chi connectivity index (χ0n) is 8.94. The monoisotopic (exact) mass is 230 g/mol. The zero-order valence-corrected chi connectivity index (χ0v) is 9.76. The molecule has 82 valence electrons. The molecule has 2 N–H and O–H groups in total. The standard InChI is InChI=1S/C13H14N2S/c1-2-4-10(5-3-1)8-11-9-14-13-12(15-11)6-7-16-13/h1-7,11,14-15H,8-9H2. The van der Waals surface area contributed by atoms with E-state index in [9.17, 15) is 0 Å². The van der Waals surface area contributed by atoms with Gasteiger partial charge in [0, 0.05) is 12.6 Å². The van der Waals surface area contributed by atoms with Crippen molar-refractivity contribution in [2.75, 3.05) is 17.2 Å². The van der Waals surface area contributed by atoms with Gasteiger partial charge in [-0.15, -0.1) is 11.3 Å². The highest BCUT2D eigenvalue weighted by molar-refractivity contribution is 7.14. The molecule has 3 rings (SSSR count). The Kier molecular flexibility index (Phi) is 2.54. The van der Waals surface area contributed by atoms with Crippen LogP contribution in [-0.4, -0.2) is 12.6 Å². The number of hydrogen-bond donors (Lipinski definition) is 2. The molecule has 0 saturated heterocycles. The van der Waals surface area contributed by atoms with E-state index in [4.69, 9.17) is 0 Å². The smallest absolute Gasteiger partial charge is 0.112 e. The van der Waals surface area contributed by atoms with Crippen LogP contribution in [0.25, 0.3) is 0 Å². The maximum absolute atomic E-state index is 3.57. The molecule has 0 aliphatic carbocycles. The van der Waals surface area contributed by atoms with Crippen LogP contribution in [0.4, 0.5) is 10.7 Å². The largest absolute Gasteiger partial charge is 0.378 e. The maximum atomic E-state index is 3.57. The Hall–Kier alpha value is -1.48. The minimum Gasteiger partial charge on any atom is -0.378 e. The molecule has 0 radical (unpaired) electrons. The molecule has 3 heteroatoms. The van der Waals surface area contributed by atoms with E-state index >= 15 is 0 Å². The zero-order chi connectivity index (χ0) is 10.8. The van der Waals surface area contributed by atoms with Crippen LogP contribution in [0.3, 0.4) is 0 Å². The fourth-order valence-corrected chi connectivity index (χ4v) is 2.83.